The predicted octanol–water partition coefficient (Wildman–Crippen LogP) is 2.61. The van der Waals surface area contributed by atoms with Crippen LogP contribution in [-0.4, -0.2) is 22.2 Å². The summed E-state index contributed by atoms with van der Waals surface area (Å²) in [6.45, 7) is 0. The summed E-state index contributed by atoms with van der Waals surface area (Å²) < 4.78 is 0. The molecule has 90 valence electrons. The molecule has 0 aliphatic carbocycles. The Morgan fingerprint density at radius 1 is 0.750 bits per heavy atom. The molecule has 0 aliphatic rings. The molecule has 0 aromatic carbocycles. The zero-order valence-electron chi connectivity index (χ0n) is 9.26. The first kappa shape index (κ1) is 14.4. The summed E-state index contributed by atoms with van der Waals surface area (Å²) in [6, 6.07) is 0. The van der Waals surface area contributed by atoms with Crippen molar-refractivity contribution >= 4 is 11.9 Å². The third-order valence-electron chi connectivity index (χ3n) is 2.01. The maximum absolute atomic E-state index is 10.1. The number of carbonyl (C=O) groups is 2. The van der Waals surface area contributed by atoms with Crippen LogP contribution in [-0.2, 0) is 9.59 Å². The fourth-order valence-corrected chi connectivity index (χ4v) is 1.25. The molecule has 0 aliphatic heterocycles. The van der Waals surface area contributed by atoms with Gasteiger partial charge in [0.15, 0.2) is 0 Å². The van der Waals surface area contributed by atoms with E-state index in [-0.39, 0.29) is 0 Å². The van der Waals surface area contributed by atoms with Crippen molar-refractivity contribution in [3.63, 3.8) is 0 Å². The van der Waals surface area contributed by atoms with E-state index in [1.54, 1.807) is 12.2 Å². The highest BCUT2D eigenvalue weighted by Crippen LogP contribution is 2.06. The largest absolute Gasteiger partial charge is 0.478 e. The van der Waals surface area contributed by atoms with Crippen molar-refractivity contribution in [1.29, 1.82) is 0 Å². The first-order chi connectivity index (χ1) is 7.63. The molecule has 0 amide bonds. The Morgan fingerprint density at radius 3 is 1.44 bits per heavy atom. The third-order valence-corrected chi connectivity index (χ3v) is 2.01. The van der Waals surface area contributed by atoms with Crippen LogP contribution in [0.4, 0.5) is 0 Å². The molecule has 0 heterocycles. The monoisotopic (exact) mass is 226 g/mol. The maximum Gasteiger partial charge on any atom is 0.327 e. The van der Waals surface area contributed by atoms with E-state index in [4.69, 9.17) is 10.2 Å². The molecule has 4 nitrogen and oxygen atoms in total. The molecular weight excluding hydrogens is 208 g/mol. The van der Waals surface area contributed by atoms with E-state index in [1.165, 1.54) is 0 Å². The Balaban J connectivity index is 3.22. The number of carboxylic acid groups (broad SMARTS) is 2. The highest BCUT2D eigenvalue weighted by molar-refractivity contribution is 5.79. The lowest BCUT2D eigenvalue weighted by Gasteiger charge is -1.96. The van der Waals surface area contributed by atoms with Crippen LogP contribution >= 0.6 is 0 Å². The van der Waals surface area contributed by atoms with Crippen LogP contribution in [0.25, 0.3) is 0 Å². The normalized spacial score (nSPS) is 11.2. The van der Waals surface area contributed by atoms with Gasteiger partial charge in [-0.15, -0.1) is 0 Å². The number of rotatable bonds is 9. The van der Waals surface area contributed by atoms with Gasteiger partial charge in [-0.25, -0.2) is 9.59 Å². The van der Waals surface area contributed by atoms with E-state index in [0.29, 0.717) is 0 Å². The van der Waals surface area contributed by atoms with E-state index in [0.717, 1.165) is 50.7 Å². The number of unbranched alkanes of at least 4 members (excludes halogenated alkanes) is 5. The minimum absolute atomic E-state index is 0.789. The number of aliphatic carboxylic acids is 2. The van der Waals surface area contributed by atoms with Gasteiger partial charge in [0.1, 0.15) is 0 Å². The second-order valence-corrected chi connectivity index (χ2v) is 3.47. The van der Waals surface area contributed by atoms with Gasteiger partial charge in [0.25, 0.3) is 0 Å². The number of hydrogen-bond acceptors (Lipinski definition) is 2. The first-order valence-corrected chi connectivity index (χ1v) is 5.42. The molecule has 0 aromatic rings. The van der Waals surface area contributed by atoms with Crippen LogP contribution in [0.1, 0.15) is 38.5 Å². The van der Waals surface area contributed by atoms with Crippen LogP contribution < -0.4 is 0 Å². The molecule has 0 radical (unpaired) electrons. The van der Waals surface area contributed by atoms with E-state index in [1.807, 2.05) is 0 Å². The summed E-state index contributed by atoms with van der Waals surface area (Å²) in [5, 5.41) is 16.6. The molecule has 0 saturated carbocycles. The molecule has 16 heavy (non-hydrogen) atoms. The lowest BCUT2D eigenvalue weighted by Crippen LogP contribution is -1.86. The lowest BCUT2D eigenvalue weighted by atomic mass is 10.1. The summed E-state index contributed by atoms with van der Waals surface area (Å²) in [4.78, 5) is 20.2. The number of carboxylic acids is 2. The molecular formula is C12H18O4. The predicted molar refractivity (Wildman–Crippen MR) is 61.3 cm³/mol. The van der Waals surface area contributed by atoms with Crippen LogP contribution in [0.5, 0.6) is 0 Å². The quantitative estimate of drug-likeness (QED) is 0.468. The average molecular weight is 226 g/mol. The first-order valence-electron chi connectivity index (χ1n) is 5.42. The second kappa shape index (κ2) is 9.96. The summed E-state index contributed by atoms with van der Waals surface area (Å²) in [6.07, 6.45) is 11.3. The maximum atomic E-state index is 10.1. The van der Waals surface area contributed by atoms with Gasteiger partial charge in [-0.05, 0) is 25.7 Å². The van der Waals surface area contributed by atoms with Crippen molar-refractivity contribution in [2.24, 2.45) is 0 Å². The van der Waals surface area contributed by atoms with Crippen molar-refractivity contribution in [3.05, 3.63) is 24.3 Å². The standard InChI is InChI=1S/C12H18O4/c13-11(14)9-7-5-3-1-2-4-6-8-10-12(15)16/h7-10H,1-6H2,(H,13,14)(H,15,16)/b9-7-,10-8?. The zero-order chi connectivity index (χ0) is 12.2. The SMILES string of the molecule is O=C(O)C=CCCCCCC/C=C\C(=O)O. The Kier molecular flexibility index (Phi) is 8.97. The molecule has 0 fully saturated rings. The smallest absolute Gasteiger partial charge is 0.327 e. The van der Waals surface area contributed by atoms with E-state index in [2.05, 4.69) is 0 Å². The van der Waals surface area contributed by atoms with Gasteiger partial charge in [-0.2, -0.15) is 0 Å². The average Bonchev–Trinajstić information content (AvgIpc) is 2.20. The fraction of sp³-hybridized carbons (Fsp3) is 0.500. The minimum Gasteiger partial charge on any atom is -0.478 e. The van der Waals surface area contributed by atoms with Gasteiger partial charge in [0.05, 0.1) is 0 Å². The van der Waals surface area contributed by atoms with Crippen LogP contribution in [0.15, 0.2) is 24.3 Å². The van der Waals surface area contributed by atoms with Crippen LogP contribution in [0.3, 0.4) is 0 Å². The van der Waals surface area contributed by atoms with E-state index in [9.17, 15) is 9.59 Å². The van der Waals surface area contributed by atoms with Crippen LogP contribution in [0, 0.1) is 0 Å². The Morgan fingerprint density at radius 2 is 1.12 bits per heavy atom. The van der Waals surface area contributed by atoms with Gasteiger partial charge < -0.3 is 10.2 Å². The highest BCUT2D eigenvalue weighted by atomic mass is 16.4. The molecule has 0 spiro atoms. The molecule has 0 saturated heterocycles. The topological polar surface area (TPSA) is 74.6 Å². The van der Waals surface area contributed by atoms with Crippen molar-refractivity contribution in [1.82, 2.24) is 0 Å². The number of allylic oxidation sites excluding steroid dienone is 2. The van der Waals surface area contributed by atoms with E-state index >= 15 is 0 Å². The van der Waals surface area contributed by atoms with Gasteiger partial charge in [-0.3, -0.25) is 0 Å². The van der Waals surface area contributed by atoms with Gasteiger partial charge >= 0.3 is 11.9 Å². The molecule has 2 N–H and O–H groups in total. The molecule has 4 heteroatoms. The molecule has 0 aromatic heterocycles. The zero-order valence-corrected chi connectivity index (χ0v) is 9.26. The molecule has 0 rings (SSSR count). The molecule has 0 unspecified atom stereocenters. The Bertz CT molecular complexity index is 238. The van der Waals surface area contributed by atoms with Crippen molar-refractivity contribution < 1.29 is 19.8 Å². The van der Waals surface area contributed by atoms with Crippen molar-refractivity contribution in [2.45, 2.75) is 38.5 Å². The van der Waals surface area contributed by atoms with Gasteiger partial charge in [-0.1, -0.05) is 25.0 Å². The summed E-state index contributed by atoms with van der Waals surface area (Å²) in [7, 11) is 0. The Hall–Kier alpha value is -1.58. The van der Waals surface area contributed by atoms with Crippen molar-refractivity contribution in [2.75, 3.05) is 0 Å². The lowest BCUT2D eigenvalue weighted by molar-refractivity contribution is -0.132. The second-order valence-electron chi connectivity index (χ2n) is 3.47. The highest BCUT2D eigenvalue weighted by Gasteiger charge is 1.90. The summed E-state index contributed by atoms with van der Waals surface area (Å²) in [5.74, 6) is -1.81. The number of hydrogen-bond donors (Lipinski definition) is 2. The summed E-state index contributed by atoms with van der Waals surface area (Å²) >= 11 is 0. The van der Waals surface area contributed by atoms with Gasteiger partial charge in [0.2, 0.25) is 0 Å². The van der Waals surface area contributed by atoms with Crippen LogP contribution in [0.2, 0.25) is 0 Å². The fourth-order valence-electron chi connectivity index (χ4n) is 1.25. The van der Waals surface area contributed by atoms with E-state index < -0.39 is 11.9 Å². The minimum atomic E-state index is -0.904. The summed E-state index contributed by atoms with van der Waals surface area (Å²) in [5.41, 5.74) is 0. The Labute approximate surface area is 95.3 Å². The third kappa shape index (κ3) is 12.4. The molecule has 0 bridgehead atoms. The van der Waals surface area contributed by atoms with Gasteiger partial charge in [0, 0.05) is 12.2 Å². The molecule has 0 atom stereocenters. The van der Waals surface area contributed by atoms with Crippen molar-refractivity contribution in [3.8, 4) is 0 Å².